The summed E-state index contributed by atoms with van der Waals surface area (Å²) in [6, 6.07) is 10.6. The molecule has 0 heterocycles. The van der Waals surface area contributed by atoms with E-state index in [2.05, 4.69) is 56.1 Å². The van der Waals surface area contributed by atoms with E-state index in [1.807, 2.05) is 0 Å². The van der Waals surface area contributed by atoms with Gasteiger partial charge in [-0.25, -0.2) is 0 Å². The summed E-state index contributed by atoms with van der Waals surface area (Å²) in [6.07, 6.45) is 2.61. The Morgan fingerprint density at radius 3 is 2.35 bits per heavy atom. The molecule has 2 heteroatoms. The molecule has 2 nitrogen and oxygen atoms in total. The first-order valence-corrected chi connectivity index (χ1v) is 6.47. The predicted molar refractivity (Wildman–Crippen MR) is 72.7 cm³/mol. The molecule has 0 bridgehead atoms. The molecular weight excluding hydrogens is 208 g/mol. The molecule has 1 unspecified atom stereocenters. The molecule has 17 heavy (non-hydrogen) atoms. The first-order valence-electron chi connectivity index (χ1n) is 6.47. The minimum absolute atomic E-state index is 0.114. The van der Waals surface area contributed by atoms with Crippen LogP contribution in [0.2, 0.25) is 0 Å². The summed E-state index contributed by atoms with van der Waals surface area (Å²) in [5, 5.41) is 0. The lowest BCUT2D eigenvalue weighted by atomic mass is 9.82. The van der Waals surface area contributed by atoms with Gasteiger partial charge in [-0.3, -0.25) is 4.90 Å². The Balaban J connectivity index is 2.11. The Labute approximate surface area is 105 Å². The summed E-state index contributed by atoms with van der Waals surface area (Å²) < 4.78 is 0. The SMILES string of the molecule is CN(Cc1ccccc1)C(C)(CN)C1(C)CC1. The molecule has 0 radical (unpaired) electrons. The zero-order chi connectivity index (χ0) is 12.5. The first kappa shape index (κ1) is 12.6. The molecule has 1 aliphatic carbocycles. The average Bonchev–Trinajstić information content (AvgIpc) is 3.09. The van der Waals surface area contributed by atoms with Crippen molar-refractivity contribution in [2.45, 2.75) is 38.8 Å². The van der Waals surface area contributed by atoms with Gasteiger partial charge in [-0.1, -0.05) is 37.3 Å². The van der Waals surface area contributed by atoms with Crippen molar-refractivity contribution in [1.29, 1.82) is 0 Å². The van der Waals surface area contributed by atoms with Crippen LogP contribution in [0.4, 0.5) is 0 Å². The van der Waals surface area contributed by atoms with Crippen LogP contribution in [0.1, 0.15) is 32.3 Å². The largest absolute Gasteiger partial charge is 0.329 e. The fraction of sp³-hybridized carbons (Fsp3) is 0.600. The van der Waals surface area contributed by atoms with Crippen LogP contribution in [0.15, 0.2) is 30.3 Å². The highest BCUT2D eigenvalue weighted by Crippen LogP contribution is 2.55. The summed E-state index contributed by atoms with van der Waals surface area (Å²) in [7, 11) is 2.20. The molecule has 1 fully saturated rings. The van der Waals surface area contributed by atoms with E-state index in [-0.39, 0.29) is 5.54 Å². The second kappa shape index (κ2) is 4.43. The van der Waals surface area contributed by atoms with Crippen LogP contribution in [-0.2, 0) is 6.54 Å². The van der Waals surface area contributed by atoms with E-state index >= 15 is 0 Å². The van der Waals surface area contributed by atoms with Crippen molar-refractivity contribution in [1.82, 2.24) is 4.90 Å². The predicted octanol–water partition coefficient (Wildman–Crippen LogP) is 2.64. The summed E-state index contributed by atoms with van der Waals surface area (Å²) in [4.78, 5) is 2.43. The monoisotopic (exact) mass is 232 g/mol. The Bertz CT molecular complexity index is 370. The third kappa shape index (κ3) is 2.24. The standard InChI is InChI=1S/C15H24N2/c1-14(9-10-14)15(2,12-16)17(3)11-13-7-5-4-6-8-13/h4-8H,9-12,16H2,1-3H3. The maximum Gasteiger partial charge on any atom is 0.0357 e. The minimum Gasteiger partial charge on any atom is -0.329 e. The summed E-state index contributed by atoms with van der Waals surface area (Å²) >= 11 is 0. The van der Waals surface area contributed by atoms with Gasteiger partial charge in [0.15, 0.2) is 0 Å². The molecular formula is C15H24N2. The van der Waals surface area contributed by atoms with Crippen LogP contribution in [0.5, 0.6) is 0 Å². The molecule has 2 N–H and O–H groups in total. The average molecular weight is 232 g/mol. The molecule has 1 saturated carbocycles. The third-order valence-corrected chi connectivity index (χ3v) is 4.80. The fourth-order valence-electron chi connectivity index (χ4n) is 2.62. The van der Waals surface area contributed by atoms with Crippen molar-refractivity contribution in [2.24, 2.45) is 11.1 Å². The van der Waals surface area contributed by atoms with Gasteiger partial charge in [0, 0.05) is 18.6 Å². The Morgan fingerprint density at radius 1 is 1.29 bits per heavy atom. The van der Waals surface area contributed by atoms with Crippen LogP contribution in [0, 0.1) is 5.41 Å². The van der Waals surface area contributed by atoms with Crippen molar-refractivity contribution < 1.29 is 0 Å². The molecule has 1 aliphatic rings. The Hall–Kier alpha value is -0.860. The topological polar surface area (TPSA) is 29.3 Å². The van der Waals surface area contributed by atoms with Gasteiger partial charge in [-0.2, -0.15) is 0 Å². The van der Waals surface area contributed by atoms with Crippen molar-refractivity contribution >= 4 is 0 Å². The zero-order valence-electron chi connectivity index (χ0n) is 11.2. The van der Waals surface area contributed by atoms with Crippen LogP contribution in [-0.4, -0.2) is 24.0 Å². The van der Waals surface area contributed by atoms with Gasteiger partial charge >= 0.3 is 0 Å². The molecule has 2 rings (SSSR count). The number of hydrogen-bond donors (Lipinski definition) is 1. The number of nitrogens with zero attached hydrogens (tertiary/aromatic N) is 1. The van der Waals surface area contributed by atoms with E-state index in [4.69, 9.17) is 5.73 Å². The number of likely N-dealkylation sites (N-methyl/N-ethyl adjacent to an activating group) is 1. The lowest BCUT2D eigenvalue weighted by Gasteiger charge is -2.43. The van der Waals surface area contributed by atoms with Crippen LogP contribution in [0.3, 0.4) is 0 Å². The molecule has 0 saturated heterocycles. The third-order valence-electron chi connectivity index (χ3n) is 4.80. The van der Waals surface area contributed by atoms with Crippen LogP contribution < -0.4 is 5.73 Å². The minimum atomic E-state index is 0.114. The maximum absolute atomic E-state index is 6.05. The molecule has 0 amide bonds. The van der Waals surface area contributed by atoms with E-state index in [1.54, 1.807) is 0 Å². The van der Waals surface area contributed by atoms with E-state index in [1.165, 1.54) is 18.4 Å². The van der Waals surface area contributed by atoms with Crippen molar-refractivity contribution in [2.75, 3.05) is 13.6 Å². The smallest absolute Gasteiger partial charge is 0.0357 e. The van der Waals surface area contributed by atoms with E-state index in [9.17, 15) is 0 Å². The molecule has 0 aliphatic heterocycles. The molecule has 0 spiro atoms. The quantitative estimate of drug-likeness (QED) is 0.845. The fourth-order valence-corrected chi connectivity index (χ4v) is 2.62. The zero-order valence-corrected chi connectivity index (χ0v) is 11.2. The van der Waals surface area contributed by atoms with E-state index < -0.39 is 0 Å². The molecule has 1 aromatic carbocycles. The molecule has 1 atom stereocenters. The van der Waals surface area contributed by atoms with Gasteiger partial charge in [-0.05, 0) is 37.8 Å². The van der Waals surface area contributed by atoms with Crippen molar-refractivity contribution in [3.63, 3.8) is 0 Å². The lowest BCUT2D eigenvalue weighted by Crippen LogP contribution is -2.55. The normalized spacial score (nSPS) is 21.2. The molecule has 0 aromatic heterocycles. The number of nitrogens with two attached hydrogens (primary N) is 1. The van der Waals surface area contributed by atoms with Gasteiger partial charge in [-0.15, -0.1) is 0 Å². The van der Waals surface area contributed by atoms with Gasteiger partial charge < -0.3 is 5.73 Å². The van der Waals surface area contributed by atoms with Gasteiger partial charge in [0.05, 0.1) is 0 Å². The number of rotatable bonds is 5. The van der Waals surface area contributed by atoms with E-state index in [0.29, 0.717) is 5.41 Å². The van der Waals surface area contributed by atoms with Gasteiger partial charge in [0.25, 0.3) is 0 Å². The highest BCUT2D eigenvalue weighted by molar-refractivity contribution is 5.16. The Kier molecular flexibility index (Phi) is 3.28. The summed E-state index contributed by atoms with van der Waals surface area (Å²) in [5.74, 6) is 0. The maximum atomic E-state index is 6.05. The van der Waals surface area contributed by atoms with Gasteiger partial charge in [0.1, 0.15) is 0 Å². The van der Waals surface area contributed by atoms with Gasteiger partial charge in [0.2, 0.25) is 0 Å². The second-order valence-electron chi connectivity index (χ2n) is 5.88. The van der Waals surface area contributed by atoms with Crippen LogP contribution >= 0.6 is 0 Å². The van der Waals surface area contributed by atoms with Crippen LogP contribution in [0.25, 0.3) is 0 Å². The Morgan fingerprint density at radius 2 is 1.88 bits per heavy atom. The summed E-state index contributed by atoms with van der Waals surface area (Å²) in [6.45, 7) is 6.38. The highest BCUT2D eigenvalue weighted by atomic mass is 15.2. The summed E-state index contributed by atoms with van der Waals surface area (Å²) in [5.41, 5.74) is 7.93. The van der Waals surface area contributed by atoms with Crippen molar-refractivity contribution in [3.05, 3.63) is 35.9 Å². The van der Waals surface area contributed by atoms with E-state index in [0.717, 1.165) is 13.1 Å². The first-order chi connectivity index (χ1) is 8.02. The highest BCUT2D eigenvalue weighted by Gasteiger charge is 2.54. The lowest BCUT2D eigenvalue weighted by molar-refractivity contribution is 0.0659. The number of hydrogen-bond acceptors (Lipinski definition) is 2. The number of benzene rings is 1. The van der Waals surface area contributed by atoms with Crippen molar-refractivity contribution in [3.8, 4) is 0 Å². The molecule has 94 valence electrons. The molecule has 1 aromatic rings. The second-order valence-corrected chi connectivity index (χ2v) is 5.88.